The Morgan fingerprint density at radius 3 is 2.64 bits per heavy atom. The van der Waals surface area contributed by atoms with E-state index in [1.165, 1.54) is 34.8 Å². The molecule has 1 fully saturated rings. The summed E-state index contributed by atoms with van der Waals surface area (Å²) < 4.78 is 15.3. The van der Waals surface area contributed by atoms with Crippen LogP contribution in [0.4, 0.5) is 14.7 Å². The van der Waals surface area contributed by atoms with E-state index in [9.17, 15) is 9.18 Å². The molecule has 1 saturated heterocycles. The summed E-state index contributed by atoms with van der Waals surface area (Å²) in [5, 5.41) is 4.53. The number of para-hydroxylation sites is 1. The van der Waals surface area contributed by atoms with Crippen molar-refractivity contribution in [1.29, 1.82) is 0 Å². The summed E-state index contributed by atoms with van der Waals surface area (Å²) in [5.41, 5.74) is 1.72. The van der Waals surface area contributed by atoms with Gasteiger partial charge in [0, 0.05) is 19.0 Å². The number of halogens is 1. The zero-order valence-corrected chi connectivity index (χ0v) is 16.5. The molecule has 8 heteroatoms. The fraction of sp³-hybridized carbons (Fsp3) is 0.250. The zero-order valence-electron chi connectivity index (χ0n) is 14.9. The Morgan fingerprint density at radius 1 is 1.04 bits per heavy atom. The second-order valence-corrected chi connectivity index (χ2v) is 8.89. The van der Waals surface area contributed by atoms with Gasteiger partial charge in [-0.3, -0.25) is 4.79 Å². The first kappa shape index (κ1) is 17.5. The normalized spacial score (nSPS) is 15.4. The maximum Gasteiger partial charge on any atom is 0.229 e. The molecule has 1 aliphatic heterocycles. The van der Waals surface area contributed by atoms with Crippen molar-refractivity contribution in [2.45, 2.75) is 12.8 Å². The van der Waals surface area contributed by atoms with Gasteiger partial charge in [0.05, 0.1) is 20.4 Å². The van der Waals surface area contributed by atoms with Gasteiger partial charge in [0.25, 0.3) is 0 Å². The number of hydrogen-bond donors (Lipinski definition) is 1. The third-order valence-corrected chi connectivity index (χ3v) is 7.03. The molecule has 2 aromatic carbocycles. The van der Waals surface area contributed by atoms with Gasteiger partial charge in [0.1, 0.15) is 5.82 Å². The standard InChI is InChI=1S/C20H17FN4OS2/c21-13-5-6-15-17(11-13)28-20(23-15)25-9-7-12(8-10-25)18(26)24-19-22-14-3-1-2-4-16(14)27-19/h1-6,11-12H,7-10H2,(H,22,24,26). The molecule has 0 unspecified atom stereocenters. The predicted molar refractivity (Wildman–Crippen MR) is 113 cm³/mol. The Bertz CT molecular complexity index is 1130. The van der Waals surface area contributed by atoms with Crippen molar-refractivity contribution in [3.05, 3.63) is 48.3 Å². The molecule has 0 aliphatic carbocycles. The van der Waals surface area contributed by atoms with Gasteiger partial charge >= 0.3 is 0 Å². The van der Waals surface area contributed by atoms with Gasteiger partial charge in [-0.2, -0.15) is 0 Å². The van der Waals surface area contributed by atoms with E-state index in [0.29, 0.717) is 5.13 Å². The van der Waals surface area contributed by atoms with Crippen molar-refractivity contribution < 1.29 is 9.18 Å². The molecule has 1 amide bonds. The molecule has 5 rings (SSSR count). The molecule has 3 heterocycles. The molecular weight excluding hydrogens is 395 g/mol. The molecule has 0 radical (unpaired) electrons. The number of piperidine rings is 1. The molecule has 28 heavy (non-hydrogen) atoms. The van der Waals surface area contributed by atoms with E-state index in [1.807, 2.05) is 24.3 Å². The third kappa shape index (κ3) is 3.33. The molecule has 142 valence electrons. The molecular formula is C20H17FN4OS2. The fourth-order valence-corrected chi connectivity index (χ4v) is 5.40. The van der Waals surface area contributed by atoms with Crippen LogP contribution in [0.15, 0.2) is 42.5 Å². The number of benzene rings is 2. The number of anilines is 2. The Kier molecular flexibility index (Phi) is 4.44. The summed E-state index contributed by atoms with van der Waals surface area (Å²) in [7, 11) is 0. The maximum absolute atomic E-state index is 13.4. The number of thiazole rings is 2. The summed E-state index contributed by atoms with van der Waals surface area (Å²) in [6.07, 6.45) is 1.53. The van der Waals surface area contributed by atoms with Crippen molar-refractivity contribution in [1.82, 2.24) is 9.97 Å². The van der Waals surface area contributed by atoms with Crippen LogP contribution in [0.2, 0.25) is 0 Å². The van der Waals surface area contributed by atoms with Crippen molar-refractivity contribution in [2.24, 2.45) is 5.92 Å². The van der Waals surface area contributed by atoms with E-state index >= 15 is 0 Å². The number of amides is 1. The van der Waals surface area contributed by atoms with E-state index in [-0.39, 0.29) is 17.6 Å². The molecule has 0 spiro atoms. The van der Waals surface area contributed by atoms with Crippen molar-refractivity contribution >= 4 is 59.3 Å². The van der Waals surface area contributed by atoms with Gasteiger partial charge < -0.3 is 10.2 Å². The Hall–Kier alpha value is -2.58. The number of carbonyl (C=O) groups is 1. The Balaban J connectivity index is 1.23. The average Bonchev–Trinajstić information content (AvgIpc) is 3.31. The number of hydrogen-bond acceptors (Lipinski definition) is 6. The van der Waals surface area contributed by atoms with Gasteiger partial charge in [-0.15, -0.1) is 0 Å². The van der Waals surface area contributed by atoms with Gasteiger partial charge in [-0.25, -0.2) is 14.4 Å². The summed E-state index contributed by atoms with van der Waals surface area (Å²) in [5.74, 6) is -0.243. The molecule has 5 nitrogen and oxygen atoms in total. The highest BCUT2D eigenvalue weighted by Crippen LogP contribution is 2.32. The van der Waals surface area contributed by atoms with Crippen molar-refractivity contribution in [3.63, 3.8) is 0 Å². The number of rotatable bonds is 3. The predicted octanol–water partition coefficient (Wildman–Crippen LogP) is 4.90. The van der Waals surface area contributed by atoms with E-state index in [1.54, 1.807) is 6.07 Å². The van der Waals surface area contributed by atoms with E-state index in [4.69, 9.17) is 0 Å². The number of fused-ring (bicyclic) bond motifs is 2. The molecule has 0 saturated carbocycles. The molecule has 2 aromatic heterocycles. The van der Waals surface area contributed by atoms with Gasteiger partial charge in [-0.1, -0.05) is 34.8 Å². The fourth-order valence-electron chi connectivity index (χ4n) is 3.49. The van der Waals surface area contributed by atoms with Crippen LogP contribution in [0.5, 0.6) is 0 Å². The number of nitrogens with zero attached hydrogens (tertiary/aromatic N) is 3. The van der Waals surface area contributed by atoms with Crippen LogP contribution in [-0.2, 0) is 4.79 Å². The maximum atomic E-state index is 13.4. The topological polar surface area (TPSA) is 58.1 Å². The summed E-state index contributed by atoms with van der Waals surface area (Å²) in [6.45, 7) is 1.53. The molecule has 4 aromatic rings. The number of carbonyl (C=O) groups excluding carboxylic acids is 1. The van der Waals surface area contributed by atoms with E-state index in [0.717, 1.165) is 51.5 Å². The lowest BCUT2D eigenvalue weighted by Crippen LogP contribution is -2.38. The van der Waals surface area contributed by atoms with Gasteiger partial charge in [0.15, 0.2) is 10.3 Å². The second-order valence-electron chi connectivity index (χ2n) is 6.85. The first-order valence-electron chi connectivity index (χ1n) is 9.13. The second kappa shape index (κ2) is 7.10. The largest absolute Gasteiger partial charge is 0.348 e. The Morgan fingerprint density at radius 2 is 1.82 bits per heavy atom. The summed E-state index contributed by atoms with van der Waals surface area (Å²) in [6, 6.07) is 12.5. The van der Waals surface area contributed by atoms with Crippen molar-refractivity contribution in [3.8, 4) is 0 Å². The van der Waals surface area contributed by atoms with Crippen LogP contribution in [0.25, 0.3) is 20.4 Å². The molecule has 1 N–H and O–H groups in total. The minimum Gasteiger partial charge on any atom is -0.348 e. The smallest absolute Gasteiger partial charge is 0.229 e. The van der Waals surface area contributed by atoms with Crippen LogP contribution in [0.1, 0.15) is 12.8 Å². The molecule has 1 aliphatic rings. The summed E-state index contributed by atoms with van der Waals surface area (Å²) in [4.78, 5) is 23.9. The van der Waals surface area contributed by atoms with Crippen LogP contribution in [0.3, 0.4) is 0 Å². The first-order valence-corrected chi connectivity index (χ1v) is 10.8. The lowest BCUT2D eigenvalue weighted by molar-refractivity contribution is -0.120. The highest BCUT2D eigenvalue weighted by molar-refractivity contribution is 7.22. The highest BCUT2D eigenvalue weighted by atomic mass is 32.1. The zero-order chi connectivity index (χ0) is 19.1. The lowest BCUT2D eigenvalue weighted by Gasteiger charge is -2.30. The van der Waals surface area contributed by atoms with E-state index in [2.05, 4.69) is 20.2 Å². The average molecular weight is 413 g/mol. The monoisotopic (exact) mass is 412 g/mol. The SMILES string of the molecule is O=C(Nc1nc2ccccc2s1)C1CCN(c2nc3ccc(F)cc3s2)CC1. The van der Waals surface area contributed by atoms with Crippen molar-refractivity contribution in [2.75, 3.05) is 23.3 Å². The molecule has 0 bridgehead atoms. The summed E-state index contributed by atoms with van der Waals surface area (Å²) >= 11 is 3.00. The van der Waals surface area contributed by atoms with Gasteiger partial charge in [-0.05, 0) is 43.2 Å². The van der Waals surface area contributed by atoms with Gasteiger partial charge in [0.2, 0.25) is 5.91 Å². The van der Waals surface area contributed by atoms with Crippen LogP contribution in [-0.4, -0.2) is 29.0 Å². The quantitative estimate of drug-likeness (QED) is 0.520. The first-order chi connectivity index (χ1) is 13.7. The van der Waals surface area contributed by atoms with Crippen LogP contribution < -0.4 is 10.2 Å². The van der Waals surface area contributed by atoms with E-state index < -0.39 is 0 Å². The molecule has 0 atom stereocenters. The Labute approximate surface area is 168 Å². The minimum absolute atomic E-state index is 0.0323. The number of nitrogens with one attached hydrogen (secondary N) is 1. The lowest BCUT2D eigenvalue weighted by atomic mass is 9.96. The van der Waals surface area contributed by atoms with Crippen LogP contribution in [0, 0.1) is 11.7 Å². The minimum atomic E-state index is -0.243. The third-order valence-electron chi connectivity index (χ3n) is 5.00. The number of aromatic nitrogens is 2. The van der Waals surface area contributed by atoms with Crippen LogP contribution >= 0.6 is 22.7 Å². The highest BCUT2D eigenvalue weighted by Gasteiger charge is 2.27.